The van der Waals surface area contributed by atoms with E-state index in [9.17, 15) is 4.79 Å². The molecular formula is C14H16Cl2N4O. The molecule has 0 saturated carbocycles. The van der Waals surface area contributed by atoms with Crippen molar-refractivity contribution in [1.82, 2.24) is 14.8 Å². The molecule has 0 aliphatic rings. The van der Waals surface area contributed by atoms with Crippen LogP contribution in [-0.4, -0.2) is 20.7 Å². The van der Waals surface area contributed by atoms with Gasteiger partial charge in [0.1, 0.15) is 5.82 Å². The van der Waals surface area contributed by atoms with Gasteiger partial charge >= 0.3 is 0 Å². The molecule has 0 saturated heterocycles. The van der Waals surface area contributed by atoms with Crippen molar-refractivity contribution in [2.24, 2.45) is 5.41 Å². The summed E-state index contributed by atoms with van der Waals surface area (Å²) in [6, 6.07) is 3.34. The van der Waals surface area contributed by atoms with E-state index in [1.807, 2.05) is 27.7 Å². The SMILES string of the molecule is Cc1cc(NC(=O)C(C)(C)C)n(-c2ncc(Cl)cc2Cl)n1. The number of carbonyl (C=O) groups excluding carboxylic acids is 1. The topological polar surface area (TPSA) is 59.8 Å². The van der Waals surface area contributed by atoms with Gasteiger partial charge < -0.3 is 5.32 Å². The largest absolute Gasteiger partial charge is 0.310 e. The first-order valence-corrected chi connectivity index (χ1v) is 7.13. The van der Waals surface area contributed by atoms with Crippen molar-refractivity contribution >= 4 is 34.9 Å². The van der Waals surface area contributed by atoms with Gasteiger partial charge in [-0.2, -0.15) is 9.78 Å². The maximum atomic E-state index is 12.1. The highest BCUT2D eigenvalue weighted by Crippen LogP contribution is 2.26. The standard InChI is InChI=1S/C14H16Cl2N4O/c1-8-5-11(18-13(21)14(2,3)4)20(19-8)12-10(16)6-9(15)7-17-12/h5-7H,1-4H3,(H,18,21). The highest BCUT2D eigenvalue weighted by molar-refractivity contribution is 6.35. The summed E-state index contributed by atoms with van der Waals surface area (Å²) in [5.41, 5.74) is 0.229. The van der Waals surface area contributed by atoms with Crippen molar-refractivity contribution in [2.45, 2.75) is 27.7 Å². The van der Waals surface area contributed by atoms with Crippen LogP contribution in [-0.2, 0) is 4.79 Å². The van der Waals surface area contributed by atoms with Crippen molar-refractivity contribution in [2.75, 3.05) is 5.32 Å². The zero-order valence-corrected chi connectivity index (χ0v) is 13.7. The summed E-state index contributed by atoms with van der Waals surface area (Å²) in [4.78, 5) is 16.3. The third-order valence-corrected chi connectivity index (χ3v) is 3.23. The number of rotatable bonds is 2. The van der Waals surface area contributed by atoms with Crippen LogP contribution in [0.25, 0.3) is 5.82 Å². The summed E-state index contributed by atoms with van der Waals surface area (Å²) in [6.07, 6.45) is 1.48. The van der Waals surface area contributed by atoms with Gasteiger partial charge in [-0.05, 0) is 13.0 Å². The van der Waals surface area contributed by atoms with Crippen LogP contribution in [0.15, 0.2) is 18.3 Å². The Hall–Kier alpha value is -1.59. The Morgan fingerprint density at radius 2 is 1.95 bits per heavy atom. The van der Waals surface area contributed by atoms with E-state index in [1.165, 1.54) is 10.9 Å². The highest BCUT2D eigenvalue weighted by Gasteiger charge is 2.23. The van der Waals surface area contributed by atoms with Gasteiger partial charge in [0.15, 0.2) is 5.82 Å². The van der Waals surface area contributed by atoms with E-state index in [0.29, 0.717) is 21.7 Å². The molecule has 0 bridgehead atoms. The van der Waals surface area contributed by atoms with Crippen LogP contribution in [0, 0.1) is 12.3 Å². The van der Waals surface area contributed by atoms with Crippen molar-refractivity contribution in [1.29, 1.82) is 0 Å². The van der Waals surface area contributed by atoms with Gasteiger partial charge in [-0.3, -0.25) is 4.79 Å². The first kappa shape index (κ1) is 15.8. The fourth-order valence-electron chi connectivity index (χ4n) is 1.62. The minimum Gasteiger partial charge on any atom is -0.310 e. The number of anilines is 1. The molecule has 5 nitrogen and oxygen atoms in total. The third kappa shape index (κ3) is 3.54. The van der Waals surface area contributed by atoms with Crippen LogP contribution in [0.4, 0.5) is 5.82 Å². The quantitative estimate of drug-likeness (QED) is 0.911. The lowest BCUT2D eigenvalue weighted by molar-refractivity contribution is -0.123. The molecule has 7 heteroatoms. The van der Waals surface area contributed by atoms with E-state index in [1.54, 1.807) is 12.1 Å². The van der Waals surface area contributed by atoms with Crippen LogP contribution >= 0.6 is 23.2 Å². The molecular weight excluding hydrogens is 311 g/mol. The number of aryl methyl sites for hydroxylation is 1. The van der Waals surface area contributed by atoms with E-state index in [4.69, 9.17) is 23.2 Å². The summed E-state index contributed by atoms with van der Waals surface area (Å²) in [5.74, 6) is 0.816. The zero-order valence-electron chi connectivity index (χ0n) is 12.2. The lowest BCUT2D eigenvalue weighted by Gasteiger charge is -2.18. The fourth-order valence-corrected chi connectivity index (χ4v) is 2.08. The number of halogens is 2. The molecule has 1 N–H and O–H groups in total. The molecule has 2 aromatic rings. The van der Waals surface area contributed by atoms with Crippen LogP contribution in [0.5, 0.6) is 0 Å². The molecule has 2 aromatic heterocycles. The molecule has 0 radical (unpaired) electrons. The third-order valence-electron chi connectivity index (χ3n) is 2.74. The van der Waals surface area contributed by atoms with Gasteiger partial charge in [0.25, 0.3) is 0 Å². The van der Waals surface area contributed by atoms with Gasteiger partial charge in [0.05, 0.1) is 15.7 Å². The lowest BCUT2D eigenvalue weighted by Crippen LogP contribution is -2.28. The number of nitrogens with zero attached hydrogens (tertiary/aromatic N) is 3. The van der Waals surface area contributed by atoms with Crippen LogP contribution in [0.2, 0.25) is 10.0 Å². The van der Waals surface area contributed by atoms with Crippen molar-refractivity contribution in [3.05, 3.63) is 34.1 Å². The molecule has 1 amide bonds. The minimum absolute atomic E-state index is 0.117. The average Bonchev–Trinajstić information content (AvgIpc) is 2.69. The second-order valence-corrected chi connectivity index (χ2v) is 6.59. The Morgan fingerprint density at radius 3 is 2.52 bits per heavy atom. The summed E-state index contributed by atoms with van der Waals surface area (Å²) in [7, 11) is 0. The van der Waals surface area contributed by atoms with Gasteiger partial charge in [0.2, 0.25) is 5.91 Å². The van der Waals surface area contributed by atoms with Crippen molar-refractivity contribution < 1.29 is 4.79 Å². The monoisotopic (exact) mass is 326 g/mol. The fraction of sp³-hybridized carbons (Fsp3) is 0.357. The Kier molecular flexibility index (Phi) is 4.25. The Morgan fingerprint density at radius 1 is 1.29 bits per heavy atom. The lowest BCUT2D eigenvalue weighted by atomic mass is 9.96. The second-order valence-electron chi connectivity index (χ2n) is 5.75. The Balaban J connectivity index is 2.44. The number of pyridine rings is 1. The predicted molar refractivity (Wildman–Crippen MR) is 84.2 cm³/mol. The van der Waals surface area contributed by atoms with E-state index < -0.39 is 5.41 Å². The summed E-state index contributed by atoms with van der Waals surface area (Å²) >= 11 is 12.0. The second kappa shape index (κ2) is 5.66. The van der Waals surface area contributed by atoms with Crippen LogP contribution in [0.1, 0.15) is 26.5 Å². The maximum absolute atomic E-state index is 12.1. The predicted octanol–water partition coefficient (Wildman–Crippen LogP) is 3.87. The Bertz CT molecular complexity index is 689. The van der Waals surface area contributed by atoms with E-state index in [-0.39, 0.29) is 5.91 Å². The van der Waals surface area contributed by atoms with Crippen LogP contribution in [0.3, 0.4) is 0 Å². The number of carbonyl (C=O) groups is 1. The molecule has 2 rings (SSSR count). The summed E-state index contributed by atoms with van der Waals surface area (Å²) in [5, 5.41) is 7.96. The van der Waals surface area contributed by atoms with E-state index in [2.05, 4.69) is 15.4 Å². The molecule has 2 heterocycles. The van der Waals surface area contributed by atoms with Gasteiger partial charge in [-0.1, -0.05) is 44.0 Å². The van der Waals surface area contributed by atoms with Crippen molar-refractivity contribution in [3.63, 3.8) is 0 Å². The normalized spacial score (nSPS) is 11.5. The molecule has 21 heavy (non-hydrogen) atoms. The molecule has 0 aliphatic carbocycles. The first-order valence-electron chi connectivity index (χ1n) is 6.38. The van der Waals surface area contributed by atoms with E-state index >= 15 is 0 Å². The number of aromatic nitrogens is 3. The van der Waals surface area contributed by atoms with Crippen molar-refractivity contribution in [3.8, 4) is 5.82 Å². The first-order chi connectivity index (χ1) is 9.68. The zero-order chi connectivity index (χ0) is 15.8. The molecule has 0 atom stereocenters. The molecule has 0 aromatic carbocycles. The number of hydrogen-bond acceptors (Lipinski definition) is 3. The number of nitrogens with one attached hydrogen (secondary N) is 1. The number of amides is 1. The molecule has 0 unspecified atom stereocenters. The smallest absolute Gasteiger partial charge is 0.230 e. The van der Waals surface area contributed by atoms with Gasteiger partial charge in [-0.25, -0.2) is 4.98 Å². The summed E-state index contributed by atoms with van der Waals surface area (Å²) in [6.45, 7) is 7.34. The average molecular weight is 327 g/mol. The molecule has 0 spiro atoms. The minimum atomic E-state index is -0.514. The maximum Gasteiger partial charge on any atom is 0.230 e. The summed E-state index contributed by atoms with van der Waals surface area (Å²) < 4.78 is 1.50. The Labute approximate surface area is 133 Å². The number of hydrogen-bond donors (Lipinski definition) is 1. The van der Waals surface area contributed by atoms with Gasteiger partial charge in [0, 0.05) is 17.7 Å². The van der Waals surface area contributed by atoms with Gasteiger partial charge in [-0.15, -0.1) is 0 Å². The highest BCUT2D eigenvalue weighted by atomic mass is 35.5. The van der Waals surface area contributed by atoms with E-state index in [0.717, 1.165) is 5.69 Å². The molecule has 112 valence electrons. The molecule has 0 aliphatic heterocycles. The molecule has 0 fully saturated rings. The van der Waals surface area contributed by atoms with Crippen LogP contribution < -0.4 is 5.32 Å².